The molecule has 0 spiro atoms. The molecule has 17 heavy (non-hydrogen) atoms. The summed E-state index contributed by atoms with van der Waals surface area (Å²) in [6.45, 7) is 8.54. The van der Waals surface area contributed by atoms with Crippen LogP contribution in [-0.2, 0) is 16.1 Å². The number of esters is 1. The summed E-state index contributed by atoms with van der Waals surface area (Å²) in [7, 11) is 0. The minimum absolute atomic E-state index is 0.169. The second-order valence-corrected chi connectivity index (χ2v) is 5.10. The fourth-order valence-electron chi connectivity index (χ4n) is 1.39. The van der Waals surface area contributed by atoms with Gasteiger partial charge in [0.25, 0.3) is 0 Å². The van der Waals surface area contributed by atoms with E-state index in [-0.39, 0.29) is 18.6 Å². The number of nitrogens with zero attached hydrogens (tertiary/aromatic N) is 2. The third-order valence-electron chi connectivity index (χ3n) is 2.03. The highest BCUT2D eigenvalue weighted by Gasteiger charge is 2.16. The van der Waals surface area contributed by atoms with Crippen LogP contribution in [0.15, 0.2) is 18.5 Å². The fraction of sp³-hybridized carbons (Fsp3) is 0.667. The lowest BCUT2D eigenvalue weighted by Gasteiger charge is -2.20. The molecule has 96 valence electrons. The molecule has 0 radical (unpaired) electrons. The molecule has 1 rings (SSSR count). The predicted octanol–water partition coefficient (Wildman–Crippen LogP) is 1.20. The maximum absolute atomic E-state index is 11.5. The van der Waals surface area contributed by atoms with Crippen molar-refractivity contribution in [2.24, 2.45) is 0 Å². The van der Waals surface area contributed by atoms with Gasteiger partial charge in [0.1, 0.15) is 5.60 Å². The number of rotatable bonds is 5. The Kier molecular flexibility index (Phi) is 4.69. The van der Waals surface area contributed by atoms with Crippen LogP contribution in [0.4, 0.5) is 0 Å². The van der Waals surface area contributed by atoms with E-state index >= 15 is 0 Å². The third-order valence-corrected chi connectivity index (χ3v) is 2.03. The van der Waals surface area contributed by atoms with Crippen LogP contribution >= 0.6 is 0 Å². The van der Waals surface area contributed by atoms with Crippen molar-refractivity contribution in [3.63, 3.8) is 0 Å². The van der Waals surface area contributed by atoms with Crippen LogP contribution in [0.5, 0.6) is 0 Å². The molecule has 1 atom stereocenters. The zero-order valence-electron chi connectivity index (χ0n) is 10.9. The summed E-state index contributed by atoms with van der Waals surface area (Å²) in [6.07, 6.45) is 3.63. The number of ether oxygens (including phenoxy) is 1. The Morgan fingerprint density at radius 2 is 2.24 bits per heavy atom. The summed E-state index contributed by atoms with van der Waals surface area (Å²) in [5.74, 6) is -0.232. The van der Waals surface area contributed by atoms with Gasteiger partial charge in [-0.05, 0) is 33.8 Å². The van der Waals surface area contributed by atoms with Gasteiger partial charge >= 0.3 is 5.97 Å². The van der Waals surface area contributed by atoms with Crippen LogP contribution < -0.4 is 5.32 Å². The number of carbonyl (C=O) groups excluding carboxylic acids is 1. The molecule has 5 nitrogen and oxygen atoms in total. The Morgan fingerprint density at radius 1 is 1.53 bits per heavy atom. The quantitative estimate of drug-likeness (QED) is 0.785. The zero-order valence-corrected chi connectivity index (χ0v) is 10.9. The normalized spacial score (nSPS) is 13.4. The Bertz CT molecular complexity index is 341. The first kappa shape index (κ1) is 13.7. The Labute approximate surface area is 102 Å². The van der Waals surface area contributed by atoms with Crippen molar-refractivity contribution < 1.29 is 9.53 Å². The number of hydrogen-bond acceptors (Lipinski definition) is 4. The molecular formula is C12H21N3O2. The van der Waals surface area contributed by atoms with E-state index < -0.39 is 5.60 Å². The zero-order chi connectivity index (χ0) is 12.9. The summed E-state index contributed by atoms with van der Waals surface area (Å²) < 4.78 is 7.03. The van der Waals surface area contributed by atoms with Crippen molar-refractivity contribution in [3.8, 4) is 0 Å². The fourth-order valence-corrected chi connectivity index (χ4v) is 1.39. The molecule has 1 unspecified atom stereocenters. The number of hydrogen-bond donors (Lipinski definition) is 1. The van der Waals surface area contributed by atoms with Gasteiger partial charge in [0.15, 0.2) is 0 Å². The predicted molar refractivity (Wildman–Crippen MR) is 65.5 cm³/mol. The van der Waals surface area contributed by atoms with Gasteiger partial charge in [-0.3, -0.25) is 9.48 Å². The summed E-state index contributed by atoms with van der Waals surface area (Å²) in [5.41, 5.74) is -0.427. The first-order valence-corrected chi connectivity index (χ1v) is 5.79. The van der Waals surface area contributed by atoms with Crippen LogP contribution in [0.3, 0.4) is 0 Å². The largest absolute Gasteiger partial charge is 0.459 e. The summed E-state index contributed by atoms with van der Waals surface area (Å²) >= 11 is 0. The van der Waals surface area contributed by atoms with Crippen molar-refractivity contribution in [1.82, 2.24) is 15.1 Å². The topological polar surface area (TPSA) is 56.2 Å². The second-order valence-electron chi connectivity index (χ2n) is 5.10. The lowest BCUT2D eigenvalue weighted by atomic mass is 10.2. The Morgan fingerprint density at radius 3 is 2.76 bits per heavy atom. The van der Waals surface area contributed by atoms with Crippen molar-refractivity contribution in [1.29, 1.82) is 0 Å². The highest BCUT2D eigenvalue weighted by atomic mass is 16.6. The van der Waals surface area contributed by atoms with Crippen molar-refractivity contribution in [2.75, 3.05) is 6.54 Å². The molecule has 0 aliphatic heterocycles. The van der Waals surface area contributed by atoms with E-state index in [9.17, 15) is 4.79 Å². The second kappa shape index (κ2) is 5.82. The van der Waals surface area contributed by atoms with Crippen molar-refractivity contribution in [2.45, 2.75) is 45.9 Å². The minimum Gasteiger partial charge on any atom is -0.459 e. The van der Waals surface area contributed by atoms with E-state index in [0.717, 1.165) is 6.54 Å². The molecule has 0 fully saturated rings. The maximum Gasteiger partial charge on any atom is 0.320 e. The molecule has 1 aromatic rings. The SMILES string of the molecule is CC(Cn1cccn1)NCC(=O)OC(C)(C)C. The van der Waals surface area contributed by atoms with Crippen molar-refractivity contribution in [3.05, 3.63) is 18.5 Å². The van der Waals surface area contributed by atoms with Gasteiger partial charge in [-0.2, -0.15) is 5.10 Å². The molecule has 0 aliphatic carbocycles. The van der Waals surface area contributed by atoms with Gasteiger partial charge in [-0.25, -0.2) is 0 Å². The molecule has 0 saturated carbocycles. The lowest BCUT2D eigenvalue weighted by molar-refractivity contribution is -0.153. The van der Waals surface area contributed by atoms with E-state index in [1.165, 1.54) is 0 Å². The third kappa shape index (κ3) is 6.06. The van der Waals surface area contributed by atoms with Crippen LogP contribution in [0, 0.1) is 0 Å². The molecule has 1 aromatic heterocycles. The monoisotopic (exact) mass is 239 g/mol. The van der Waals surface area contributed by atoms with E-state index in [0.29, 0.717) is 0 Å². The summed E-state index contributed by atoms with van der Waals surface area (Å²) in [6, 6.07) is 2.04. The molecule has 0 amide bonds. The van der Waals surface area contributed by atoms with Gasteiger partial charge in [-0.1, -0.05) is 0 Å². The van der Waals surface area contributed by atoms with E-state index in [2.05, 4.69) is 10.4 Å². The maximum atomic E-state index is 11.5. The molecular weight excluding hydrogens is 218 g/mol. The van der Waals surface area contributed by atoms with E-state index in [1.807, 2.05) is 44.6 Å². The smallest absolute Gasteiger partial charge is 0.320 e. The van der Waals surface area contributed by atoms with Crippen molar-refractivity contribution >= 4 is 5.97 Å². The average Bonchev–Trinajstić information content (AvgIpc) is 2.64. The Hall–Kier alpha value is -1.36. The minimum atomic E-state index is -0.427. The number of aromatic nitrogens is 2. The molecule has 0 aliphatic rings. The van der Waals surface area contributed by atoms with Gasteiger partial charge in [0, 0.05) is 18.4 Å². The van der Waals surface area contributed by atoms with Crippen LogP contribution in [0.2, 0.25) is 0 Å². The number of carbonyl (C=O) groups is 1. The van der Waals surface area contributed by atoms with Gasteiger partial charge in [0.05, 0.1) is 13.1 Å². The van der Waals surface area contributed by atoms with Gasteiger partial charge < -0.3 is 10.1 Å². The van der Waals surface area contributed by atoms with E-state index in [4.69, 9.17) is 4.74 Å². The highest BCUT2D eigenvalue weighted by Crippen LogP contribution is 2.06. The van der Waals surface area contributed by atoms with Crippen LogP contribution in [-0.4, -0.2) is 33.9 Å². The first-order chi connectivity index (χ1) is 7.87. The van der Waals surface area contributed by atoms with Crippen LogP contribution in [0.1, 0.15) is 27.7 Å². The lowest BCUT2D eigenvalue weighted by Crippen LogP contribution is -2.37. The number of nitrogens with one attached hydrogen (secondary N) is 1. The highest BCUT2D eigenvalue weighted by molar-refractivity contribution is 5.72. The molecule has 1 heterocycles. The standard InChI is InChI=1S/C12H21N3O2/c1-10(9-15-7-5-6-14-15)13-8-11(16)17-12(2,3)4/h5-7,10,13H,8-9H2,1-4H3. The summed E-state index contributed by atoms with van der Waals surface area (Å²) in [5, 5.41) is 7.21. The van der Waals surface area contributed by atoms with Gasteiger partial charge in [-0.15, -0.1) is 0 Å². The van der Waals surface area contributed by atoms with Gasteiger partial charge in [0.2, 0.25) is 0 Å². The molecule has 0 aromatic carbocycles. The summed E-state index contributed by atoms with van der Waals surface area (Å²) in [4.78, 5) is 11.5. The molecule has 0 saturated heterocycles. The Balaban J connectivity index is 2.24. The first-order valence-electron chi connectivity index (χ1n) is 5.79. The molecule has 5 heteroatoms. The molecule has 1 N–H and O–H groups in total. The molecule has 0 bridgehead atoms. The van der Waals surface area contributed by atoms with E-state index in [1.54, 1.807) is 6.20 Å². The average molecular weight is 239 g/mol. The van der Waals surface area contributed by atoms with Crippen LogP contribution in [0.25, 0.3) is 0 Å².